The number of aliphatic hydroxyl groups excluding tert-OH is 1. The molecule has 0 aliphatic carbocycles. The lowest BCUT2D eigenvalue weighted by Gasteiger charge is -2.24. The van der Waals surface area contributed by atoms with Gasteiger partial charge in [0.25, 0.3) is 0 Å². The minimum absolute atomic E-state index is 0.0324. The maximum absolute atomic E-state index is 9.27. The van der Waals surface area contributed by atoms with Gasteiger partial charge >= 0.3 is 0 Å². The zero-order chi connectivity index (χ0) is 15.2. The van der Waals surface area contributed by atoms with Crippen molar-refractivity contribution >= 4 is 23.2 Å². The molecule has 7 heteroatoms. The van der Waals surface area contributed by atoms with Crippen molar-refractivity contribution in [1.29, 1.82) is 0 Å². The van der Waals surface area contributed by atoms with Gasteiger partial charge in [0.05, 0.1) is 13.7 Å². The van der Waals surface area contributed by atoms with E-state index in [0.29, 0.717) is 18.9 Å². The largest absolute Gasteiger partial charge is 0.496 e. The highest BCUT2D eigenvalue weighted by molar-refractivity contribution is 6.35. The Morgan fingerprint density at radius 2 is 2.10 bits per heavy atom. The number of anilines is 2. The van der Waals surface area contributed by atoms with Crippen LogP contribution in [-0.4, -0.2) is 35.3 Å². The minimum atomic E-state index is -0.0324. The van der Waals surface area contributed by atoms with Crippen molar-refractivity contribution in [2.75, 3.05) is 30.9 Å². The van der Waals surface area contributed by atoms with Crippen molar-refractivity contribution in [3.8, 4) is 5.75 Å². The Kier molecular flexibility index (Phi) is 5.19. The lowest BCUT2D eigenvalue weighted by atomic mass is 10.2. The van der Waals surface area contributed by atoms with Crippen LogP contribution in [0.15, 0.2) is 30.6 Å². The molecule has 0 spiro atoms. The number of nitrogen functional groups attached to an aromatic ring is 1. The second-order valence-corrected chi connectivity index (χ2v) is 4.73. The number of hydrogen-bond acceptors (Lipinski definition) is 6. The van der Waals surface area contributed by atoms with E-state index in [1.54, 1.807) is 7.11 Å². The second kappa shape index (κ2) is 7.10. The van der Waals surface area contributed by atoms with Crippen LogP contribution in [0.2, 0.25) is 5.02 Å². The molecule has 21 heavy (non-hydrogen) atoms. The van der Waals surface area contributed by atoms with Crippen LogP contribution in [0.3, 0.4) is 0 Å². The van der Waals surface area contributed by atoms with E-state index in [2.05, 4.69) is 9.97 Å². The molecule has 0 amide bonds. The average molecular weight is 309 g/mol. The van der Waals surface area contributed by atoms with E-state index >= 15 is 0 Å². The first-order valence-electron chi connectivity index (χ1n) is 6.41. The number of para-hydroxylation sites is 1. The highest BCUT2D eigenvalue weighted by Gasteiger charge is 2.16. The normalized spacial score (nSPS) is 10.4. The number of methoxy groups -OCH3 is 1. The Morgan fingerprint density at radius 3 is 2.81 bits per heavy atom. The SMILES string of the molecule is COc1ccccc1CN(CCO)c1ncnc(N)c1Cl. The number of rotatable bonds is 6. The predicted molar refractivity (Wildman–Crippen MR) is 82.6 cm³/mol. The average Bonchev–Trinajstić information content (AvgIpc) is 2.50. The monoisotopic (exact) mass is 308 g/mol. The molecule has 0 unspecified atom stereocenters. The maximum Gasteiger partial charge on any atom is 0.153 e. The molecule has 0 radical (unpaired) electrons. The molecule has 0 aliphatic heterocycles. The Hall–Kier alpha value is -2.05. The van der Waals surface area contributed by atoms with Gasteiger partial charge in [-0.25, -0.2) is 9.97 Å². The highest BCUT2D eigenvalue weighted by Crippen LogP contribution is 2.29. The summed E-state index contributed by atoms with van der Waals surface area (Å²) in [6.45, 7) is 0.824. The molecule has 0 bridgehead atoms. The molecule has 3 N–H and O–H groups in total. The Labute approximate surface area is 128 Å². The summed E-state index contributed by atoms with van der Waals surface area (Å²) in [5.41, 5.74) is 6.67. The predicted octanol–water partition coefficient (Wildman–Crippen LogP) is 1.72. The molecule has 2 aromatic rings. The number of aromatic nitrogens is 2. The van der Waals surface area contributed by atoms with Gasteiger partial charge in [-0.2, -0.15) is 0 Å². The van der Waals surface area contributed by atoms with Crippen LogP contribution in [0, 0.1) is 0 Å². The molecule has 2 rings (SSSR count). The molecule has 1 aromatic heterocycles. The van der Waals surface area contributed by atoms with Crippen LogP contribution >= 0.6 is 11.6 Å². The minimum Gasteiger partial charge on any atom is -0.496 e. The van der Waals surface area contributed by atoms with Gasteiger partial charge < -0.3 is 20.5 Å². The van der Waals surface area contributed by atoms with Gasteiger partial charge in [-0.05, 0) is 6.07 Å². The summed E-state index contributed by atoms with van der Waals surface area (Å²) < 4.78 is 5.33. The topological polar surface area (TPSA) is 84.5 Å². The molecule has 0 aliphatic rings. The fourth-order valence-corrected chi connectivity index (χ4v) is 2.23. The van der Waals surface area contributed by atoms with Crippen LogP contribution in [0.5, 0.6) is 5.75 Å². The molecule has 6 nitrogen and oxygen atoms in total. The van der Waals surface area contributed by atoms with Gasteiger partial charge in [0, 0.05) is 18.7 Å². The zero-order valence-electron chi connectivity index (χ0n) is 11.7. The molecule has 0 atom stereocenters. The standard InChI is InChI=1S/C14H17ClN4O2/c1-21-11-5-3-2-4-10(11)8-19(6-7-20)14-12(15)13(16)17-9-18-14/h2-5,9,20H,6-8H2,1H3,(H2,16,17,18). The van der Waals surface area contributed by atoms with E-state index in [9.17, 15) is 5.11 Å². The van der Waals surface area contributed by atoms with Gasteiger partial charge in [0.15, 0.2) is 5.82 Å². The summed E-state index contributed by atoms with van der Waals surface area (Å²) in [6, 6.07) is 7.64. The van der Waals surface area contributed by atoms with Crippen LogP contribution in [0.25, 0.3) is 0 Å². The first kappa shape index (κ1) is 15.3. The van der Waals surface area contributed by atoms with Gasteiger partial charge in [0.1, 0.15) is 22.9 Å². The Balaban J connectivity index is 2.33. The number of hydrogen-bond donors (Lipinski definition) is 2. The van der Waals surface area contributed by atoms with Crippen molar-refractivity contribution in [2.24, 2.45) is 0 Å². The molecule has 1 aromatic carbocycles. The van der Waals surface area contributed by atoms with E-state index in [1.807, 2.05) is 29.2 Å². The molecule has 0 fully saturated rings. The van der Waals surface area contributed by atoms with Gasteiger partial charge in [0.2, 0.25) is 0 Å². The van der Waals surface area contributed by atoms with Crippen LogP contribution < -0.4 is 15.4 Å². The van der Waals surface area contributed by atoms with Gasteiger partial charge in [-0.1, -0.05) is 29.8 Å². The fourth-order valence-electron chi connectivity index (χ4n) is 2.01. The van der Waals surface area contributed by atoms with Crippen molar-refractivity contribution in [1.82, 2.24) is 9.97 Å². The summed E-state index contributed by atoms with van der Waals surface area (Å²) in [5.74, 6) is 1.47. The highest BCUT2D eigenvalue weighted by atomic mass is 35.5. The number of nitrogens with zero attached hydrogens (tertiary/aromatic N) is 3. The van der Waals surface area contributed by atoms with E-state index < -0.39 is 0 Å². The van der Waals surface area contributed by atoms with E-state index in [1.165, 1.54) is 6.33 Å². The third-order valence-electron chi connectivity index (χ3n) is 3.02. The number of benzene rings is 1. The zero-order valence-corrected chi connectivity index (χ0v) is 12.4. The van der Waals surface area contributed by atoms with E-state index in [0.717, 1.165) is 11.3 Å². The lowest BCUT2D eigenvalue weighted by Crippen LogP contribution is -2.27. The molecular weight excluding hydrogens is 292 g/mol. The second-order valence-electron chi connectivity index (χ2n) is 4.35. The molecule has 0 saturated heterocycles. The first-order valence-corrected chi connectivity index (χ1v) is 6.78. The van der Waals surface area contributed by atoms with Crippen molar-refractivity contribution in [3.63, 3.8) is 0 Å². The summed E-state index contributed by atoms with van der Waals surface area (Å²) in [6.07, 6.45) is 1.35. The van der Waals surface area contributed by atoms with Crippen LogP contribution in [0.4, 0.5) is 11.6 Å². The van der Waals surface area contributed by atoms with Crippen molar-refractivity contribution in [2.45, 2.75) is 6.54 Å². The third kappa shape index (κ3) is 3.53. The van der Waals surface area contributed by atoms with Gasteiger partial charge in [-0.3, -0.25) is 0 Å². The number of nitrogens with two attached hydrogens (primary N) is 1. The van der Waals surface area contributed by atoms with Crippen LogP contribution in [-0.2, 0) is 6.54 Å². The number of aliphatic hydroxyl groups is 1. The Bertz CT molecular complexity index is 609. The van der Waals surface area contributed by atoms with E-state index in [4.69, 9.17) is 22.1 Å². The molecule has 0 saturated carbocycles. The van der Waals surface area contributed by atoms with Gasteiger partial charge in [-0.15, -0.1) is 0 Å². The quantitative estimate of drug-likeness (QED) is 0.845. The molecular formula is C14H17ClN4O2. The lowest BCUT2D eigenvalue weighted by molar-refractivity contribution is 0.301. The van der Waals surface area contributed by atoms with Crippen LogP contribution in [0.1, 0.15) is 5.56 Å². The summed E-state index contributed by atoms with van der Waals surface area (Å²) in [5, 5.41) is 9.55. The maximum atomic E-state index is 9.27. The summed E-state index contributed by atoms with van der Waals surface area (Å²) in [7, 11) is 1.62. The fraction of sp³-hybridized carbons (Fsp3) is 0.286. The van der Waals surface area contributed by atoms with Crippen molar-refractivity contribution < 1.29 is 9.84 Å². The summed E-state index contributed by atoms with van der Waals surface area (Å²) in [4.78, 5) is 9.84. The molecule has 112 valence electrons. The molecule has 1 heterocycles. The number of ether oxygens (including phenoxy) is 1. The van der Waals surface area contributed by atoms with Crippen molar-refractivity contribution in [3.05, 3.63) is 41.2 Å². The number of halogens is 1. The third-order valence-corrected chi connectivity index (χ3v) is 3.38. The summed E-state index contributed by atoms with van der Waals surface area (Å²) >= 11 is 6.16. The smallest absolute Gasteiger partial charge is 0.153 e. The first-order chi connectivity index (χ1) is 10.2. The Morgan fingerprint density at radius 1 is 1.33 bits per heavy atom. The van der Waals surface area contributed by atoms with E-state index in [-0.39, 0.29) is 17.4 Å².